The van der Waals surface area contributed by atoms with Crippen molar-refractivity contribution < 1.29 is 4.79 Å². The first-order valence-corrected chi connectivity index (χ1v) is 11.3. The first-order valence-electron chi connectivity index (χ1n) is 11.3. The van der Waals surface area contributed by atoms with E-state index in [0.717, 1.165) is 24.8 Å². The Hall–Kier alpha value is -1.18. The van der Waals surface area contributed by atoms with E-state index in [1.54, 1.807) is 6.20 Å². The van der Waals surface area contributed by atoms with Crippen molar-refractivity contribution in [2.45, 2.75) is 109 Å². The Labute approximate surface area is 161 Å². The number of hydrogen-bond acceptors (Lipinski definition) is 2. The molecule has 0 aliphatic heterocycles. The van der Waals surface area contributed by atoms with Gasteiger partial charge in [0.2, 0.25) is 0 Å². The quantitative estimate of drug-likeness (QED) is 0.292. The van der Waals surface area contributed by atoms with E-state index in [-0.39, 0.29) is 5.92 Å². The van der Waals surface area contributed by atoms with Crippen LogP contribution in [0.1, 0.15) is 115 Å². The number of pyridine rings is 1. The molecule has 1 saturated carbocycles. The van der Waals surface area contributed by atoms with Gasteiger partial charge in [0, 0.05) is 24.2 Å². The predicted molar refractivity (Wildman–Crippen MR) is 110 cm³/mol. The van der Waals surface area contributed by atoms with Gasteiger partial charge in [-0.1, -0.05) is 90.0 Å². The number of rotatable bonds is 16. The Kier molecular flexibility index (Phi) is 10.6. The van der Waals surface area contributed by atoms with Crippen LogP contribution in [-0.2, 0) is 4.79 Å². The molecule has 2 nitrogen and oxygen atoms in total. The first kappa shape index (κ1) is 21.1. The normalized spacial score (nSPS) is 15.1. The molecule has 1 heterocycles. The summed E-state index contributed by atoms with van der Waals surface area (Å²) >= 11 is 0. The SMILES string of the molecule is CCCCCCCCCCCCCCC(C(=O)C1CC1)c1cccnc1. The van der Waals surface area contributed by atoms with Crippen LogP contribution in [0.5, 0.6) is 0 Å². The highest BCUT2D eigenvalue weighted by molar-refractivity contribution is 5.89. The molecule has 1 aliphatic carbocycles. The summed E-state index contributed by atoms with van der Waals surface area (Å²) in [5.74, 6) is 0.915. The molecule has 1 aliphatic rings. The Morgan fingerprint density at radius 2 is 1.54 bits per heavy atom. The minimum atomic E-state index is 0.0966. The molecule has 0 radical (unpaired) electrons. The summed E-state index contributed by atoms with van der Waals surface area (Å²) in [4.78, 5) is 16.8. The molecule has 1 fully saturated rings. The van der Waals surface area contributed by atoms with E-state index in [9.17, 15) is 4.79 Å². The number of nitrogens with zero attached hydrogens (tertiary/aromatic N) is 1. The topological polar surface area (TPSA) is 30.0 Å². The number of unbranched alkanes of at least 4 members (excludes halogenated alkanes) is 11. The molecular weight excluding hydrogens is 318 g/mol. The summed E-state index contributed by atoms with van der Waals surface area (Å²) in [6.07, 6.45) is 23.3. The van der Waals surface area contributed by atoms with Gasteiger partial charge in [-0.2, -0.15) is 0 Å². The third-order valence-electron chi connectivity index (χ3n) is 5.76. The van der Waals surface area contributed by atoms with Crippen molar-refractivity contribution in [2.24, 2.45) is 5.92 Å². The monoisotopic (exact) mass is 357 g/mol. The highest BCUT2D eigenvalue weighted by Gasteiger charge is 2.35. The Bertz CT molecular complexity index is 480. The summed E-state index contributed by atoms with van der Waals surface area (Å²) in [6.45, 7) is 2.28. The van der Waals surface area contributed by atoms with E-state index in [1.807, 2.05) is 12.3 Å². The minimum Gasteiger partial charge on any atom is -0.299 e. The van der Waals surface area contributed by atoms with E-state index in [1.165, 1.54) is 77.0 Å². The first-order chi connectivity index (χ1) is 12.8. The number of ketones is 1. The lowest BCUT2D eigenvalue weighted by Gasteiger charge is -2.15. The van der Waals surface area contributed by atoms with Crippen LogP contribution < -0.4 is 0 Å². The van der Waals surface area contributed by atoms with Crippen LogP contribution in [0.15, 0.2) is 24.5 Å². The molecular formula is C24H39NO. The molecule has 1 aromatic rings. The average molecular weight is 358 g/mol. The van der Waals surface area contributed by atoms with Crippen molar-refractivity contribution in [1.82, 2.24) is 4.98 Å². The second-order valence-corrected chi connectivity index (χ2v) is 8.19. The summed E-state index contributed by atoms with van der Waals surface area (Å²) in [7, 11) is 0. The van der Waals surface area contributed by atoms with Gasteiger partial charge in [-0.15, -0.1) is 0 Å². The van der Waals surface area contributed by atoms with E-state index in [4.69, 9.17) is 0 Å². The summed E-state index contributed by atoms with van der Waals surface area (Å²) in [5.41, 5.74) is 1.13. The van der Waals surface area contributed by atoms with Gasteiger partial charge >= 0.3 is 0 Å². The van der Waals surface area contributed by atoms with Gasteiger partial charge in [0.1, 0.15) is 5.78 Å². The number of hydrogen-bond donors (Lipinski definition) is 0. The Morgan fingerprint density at radius 3 is 2.04 bits per heavy atom. The van der Waals surface area contributed by atoms with E-state index in [0.29, 0.717) is 11.7 Å². The van der Waals surface area contributed by atoms with Crippen LogP contribution in [-0.4, -0.2) is 10.8 Å². The fraction of sp³-hybridized carbons (Fsp3) is 0.750. The van der Waals surface area contributed by atoms with Crippen molar-refractivity contribution in [1.29, 1.82) is 0 Å². The molecule has 146 valence electrons. The summed E-state index contributed by atoms with van der Waals surface area (Å²) in [5, 5.41) is 0. The molecule has 2 heteroatoms. The molecule has 1 atom stereocenters. The average Bonchev–Trinajstić information content (AvgIpc) is 3.51. The van der Waals surface area contributed by atoms with Gasteiger partial charge < -0.3 is 0 Å². The number of carbonyl (C=O) groups is 1. The van der Waals surface area contributed by atoms with Crippen molar-refractivity contribution >= 4 is 5.78 Å². The van der Waals surface area contributed by atoms with Crippen molar-refractivity contribution in [3.63, 3.8) is 0 Å². The van der Waals surface area contributed by atoms with Gasteiger partial charge in [0.05, 0.1) is 0 Å². The number of aromatic nitrogens is 1. The van der Waals surface area contributed by atoms with Gasteiger partial charge in [0.15, 0.2) is 0 Å². The lowest BCUT2D eigenvalue weighted by Crippen LogP contribution is -2.14. The zero-order valence-electron chi connectivity index (χ0n) is 16.9. The summed E-state index contributed by atoms with van der Waals surface area (Å²) < 4.78 is 0. The molecule has 2 rings (SSSR count). The molecule has 0 bridgehead atoms. The third-order valence-corrected chi connectivity index (χ3v) is 5.76. The fourth-order valence-corrected chi connectivity index (χ4v) is 3.90. The lowest BCUT2D eigenvalue weighted by atomic mass is 9.88. The molecule has 0 amide bonds. The van der Waals surface area contributed by atoms with Gasteiger partial charge in [0.25, 0.3) is 0 Å². The lowest BCUT2D eigenvalue weighted by molar-refractivity contribution is -0.121. The maximum Gasteiger partial charge on any atom is 0.143 e. The number of Topliss-reactive ketones (excluding diaryl/α,β-unsaturated/α-hetero) is 1. The summed E-state index contributed by atoms with van der Waals surface area (Å²) in [6, 6.07) is 4.04. The Balaban J connectivity index is 1.52. The Morgan fingerprint density at radius 1 is 0.962 bits per heavy atom. The molecule has 0 spiro atoms. The van der Waals surface area contributed by atoms with E-state index < -0.39 is 0 Å². The van der Waals surface area contributed by atoms with Crippen molar-refractivity contribution in [3.05, 3.63) is 30.1 Å². The third kappa shape index (κ3) is 8.47. The minimum absolute atomic E-state index is 0.0966. The van der Waals surface area contributed by atoms with Crippen molar-refractivity contribution in [2.75, 3.05) is 0 Å². The van der Waals surface area contributed by atoms with Gasteiger partial charge in [-0.3, -0.25) is 9.78 Å². The van der Waals surface area contributed by atoms with Crippen molar-refractivity contribution in [3.8, 4) is 0 Å². The predicted octanol–water partition coefficient (Wildman–Crippen LogP) is 7.24. The zero-order chi connectivity index (χ0) is 18.5. The van der Waals surface area contributed by atoms with Crippen LogP contribution in [0, 0.1) is 5.92 Å². The fourth-order valence-electron chi connectivity index (χ4n) is 3.90. The largest absolute Gasteiger partial charge is 0.299 e. The maximum atomic E-state index is 12.6. The maximum absolute atomic E-state index is 12.6. The number of carbonyl (C=O) groups excluding carboxylic acids is 1. The van der Waals surface area contributed by atoms with Gasteiger partial charge in [-0.25, -0.2) is 0 Å². The second kappa shape index (κ2) is 13.1. The standard InChI is InChI=1S/C24H39NO/c1-2-3-4-5-6-7-8-9-10-11-12-13-16-23(24(26)21-17-18-21)22-15-14-19-25-20-22/h14-15,19-21,23H,2-13,16-18H2,1H3. The smallest absolute Gasteiger partial charge is 0.143 e. The van der Waals surface area contributed by atoms with Gasteiger partial charge in [-0.05, 0) is 30.9 Å². The van der Waals surface area contributed by atoms with E-state index in [2.05, 4.69) is 18.0 Å². The van der Waals surface area contributed by atoms with Crippen LogP contribution in [0.25, 0.3) is 0 Å². The van der Waals surface area contributed by atoms with Crippen LogP contribution in [0.4, 0.5) is 0 Å². The molecule has 0 N–H and O–H groups in total. The molecule has 0 aromatic carbocycles. The molecule has 0 saturated heterocycles. The molecule has 1 aromatic heterocycles. The molecule has 26 heavy (non-hydrogen) atoms. The van der Waals surface area contributed by atoms with Crippen LogP contribution >= 0.6 is 0 Å². The van der Waals surface area contributed by atoms with Crippen LogP contribution in [0.3, 0.4) is 0 Å². The second-order valence-electron chi connectivity index (χ2n) is 8.19. The highest BCUT2D eigenvalue weighted by atomic mass is 16.1. The molecule has 1 unspecified atom stereocenters. The highest BCUT2D eigenvalue weighted by Crippen LogP contribution is 2.37. The van der Waals surface area contributed by atoms with E-state index >= 15 is 0 Å². The zero-order valence-corrected chi connectivity index (χ0v) is 16.9. The van der Waals surface area contributed by atoms with Crippen LogP contribution in [0.2, 0.25) is 0 Å².